The van der Waals surface area contributed by atoms with Gasteiger partial charge in [0.05, 0.1) is 31.9 Å². The number of amides is 1. The molecule has 8 nitrogen and oxygen atoms in total. The Kier molecular flexibility index (Phi) is 6.65. The average molecular weight is 483 g/mol. The summed E-state index contributed by atoms with van der Waals surface area (Å²) in [5, 5.41) is 2.85. The number of methoxy groups -OCH3 is 3. The first-order valence-electron chi connectivity index (χ1n) is 10.7. The lowest BCUT2D eigenvalue weighted by molar-refractivity contribution is 0.102. The molecule has 1 aliphatic heterocycles. The summed E-state index contributed by atoms with van der Waals surface area (Å²) in [6.07, 6.45) is 1.47. The molecule has 0 spiro atoms. The van der Waals surface area contributed by atoms with E-state index in [-0.39, 0.29) is 10.8 Å². The number of carbonyl (C=O) groups is 1. The van der Waals surface area contributed by atoms with E-state index in [4.69, 9.17) is 14.2 Å². The van der Waals surface area contributed by atoms with E-state index in [2.05, 4.69) is 5.32 Å². The van der Waals surface area contributed by atoms with Crippen LogP contribution in [0.3, 0.4) is 0 Å². The van der Waals surface area contributed by atoms with E-state index in [1.54, 1.807) is 42.5 Å². The van der Waals surface area contributed by atoms with E-state index in [0.717, 1.165) is 12.0 Å². The van der Waals surface area contributed by atoms with Crippen molar-refractivity contribution in [1.29, 1.82) is 0 Å². The molecule has 1 heterocycles. The van der Waals surface area contributed by atoms with E-state index in [0.29, 0.717) is 47.2 Å². The van der Waals surface area contributed by atoms with Crippen LogP contribution in [0.5, 0.6) is 17.2 Å². The van der Waals surface area contributed by atoms with Gasteiger partial charge in [0.2, 0.25) is 0 Å². The number of benzene rings is 3. The van der Waals surface area contributed by atoms with Crippen molar-refractivity contribution in [3.05, 3.63) is 71.8 Å². The minimum Gasteiger partial charge on any atom is -0.497 e. The maximum atomic E-state index is 13.4. The molecule has 0 atom stereocenters. The first-order valence-corrected chi connectivity index (χ1v) is 12.1. The first kappa shape index (κ1) is 23.4. The quantitative estimate of drug-likeness (QED) is 0.545. The van der Waals surface area contributed by atoms with Crippen molar-refractivity contribution in [2.24, 2.45) is 0 Å². The third-order valence-corrected chi connectivity index (χ3v) is 7.54. The maximum Gasteiger partial charge on any atom is 0.264 e. The second-order valence-corrected chi connectivity index (χ2v) is 9.59. The van der Waals surface area contributed by atoms with E-state index < -0.39 is 10.0 Å². The summed E-state index contributed by atoms with van der Waals surface area (Å²) < 4.78 is 43.8. The molecule has 1 amide bonds. The smallest absolute Gasteiger partial charge is 0.264 e. The van der Waals surface area contributed by atoms with Crippen molar-refractivity contribution in [3.8, 4) is 17.2 Å². The van der Waals surface area contributed by atoms with Gasteiger partial charge < -0.3 is 19.5 Å². The summed E-state index contributed by atoms with van der Waals surface area (Å²) in [6, 6.07) is 16.5. The zero-order valence-electron chi connectivity index (χ0n) is 19.2. The monoisotopic (exact) mass is 482 g/mol. The molecule has 0 aliphatic carbocycles. The second-order valence-electron chi connectivity index (χ2n) is 7.72. The van der Waals surface area contributed by atoms with Crippen LogP contribution in [0.25, 0.3) is 0 Å². The SMILES string of the molecule is COc1ccc(S(=O)(=O)N2CCCc3ccc(NC(=O)c4ccc(OC)c(OC)c4)cc32)cc1. The van der Waals surface area contributed by atoms with Gasteiger partial charge in [0.25, 0.3) is 15.9 Å². The van der Waals surface area contributed by atoms with Crippen LogP contribution in [0.15, 0.2) is 65.6 Å². The number of nitrogens with zero attached hydrogens (tertiary/aromatic N) is 1. The third kappa shape index (κ3) is 4.51. The Hall–Kier alpha value is -3.72. The Labute approximate surface area is 199 Å². The number of sulfonamides is 1. The van der Waals surface area contributed by atoms with Crippen molar-refractivity contribution in [1.82, 2.24) is 0 Å². The van der Waals surface area contributed by atoms with Crippen molar-refractivity contribution in [3.63, 3.8) is 0 Å². The van der Waals surface area contributed by atoms with Gasteiger partial charge in [-0.3, -0.25) is 9.10 Å². The fourth-order valence-electron chi connectivity index (χ4n) is 3.92. The van der Waals surface area contributed by atoms with Crippen LogP contribution >= 0.6 is 0 Å². The number of aryl methyl sites for hydroxylation is 1. The van der Waals surface area contributed by atoms with Crippen LogP contribution in [-0.4, -0.2) is 42.2 Å². The van der Waals surface area contributed by atoms with Gasteiger partial charge >= 0.3 is 0 Å². The molecule has 0 bridgehead atoms. The van der Waals surface area contributed by atoms with E-state index in [1.165, 1.54) is 37.8 Å². The van der Waals surface area contributed by atoms with Crippen LogP contribution in [0.2, 0.25) is 0 Å². The number of hydrogen-bond acceptors (Lipinski definition) is 6. The van der Waals surface area contributed by atoms with Crippen molar-refractivity contribution < 1.29 is 27.4 Å². The molecule has 9 heteroatoms. The average Bonchev–Trinajstić information content (AvgIpc) is 2.87. The molecule has 3 aromatic carbocycles. The van der Waals surface area contributed by atoms with Gasteiger partial charge in [-0.1, -0.05) is 6.07 Å². The zero-order valence-corrected chi connectivity index (χ0v) is 20.0. The summed E-state index contributed by atoms with van der Waals surface area (Å²) >= 11 is 0. The molecule has 3 aromatic rings. The molecule has 0 fully saturated rings. The van der Waals surface area contributed by atoms with Crippen LogP contribution in [0, 0.1) is 0 Å². The molecule has 0 aromatic heterocycles. The highest BCUT2D eigenvalue weighted by Crippen LogP contribution is 2.35. The van der Waals surface area contributed by atoms with Crippen LogP contribution in [0.4, 0.5) is 11.4 Å². The Bertz CT molecular complexity index is 1310. The largest absolute Gasteiger partial charge is 0.497 e. The Morgan fingerprint density at radius 3 is 2.29 bits per heavy atom. The van der Waals surface area contributed by atoms with Gasteiger partial charge in [-0.2, -0.15) is 0 Å². The topological polar surface area (TPSA) is 94.2 Å². The molecule has 0 unspecified atom stereocenters. The van der Waals surface area contributed by atoms with Crippen molar-refractivity contribution in [2.45, 2.75) is 17.7 Å². The Morgan fingerprint density at radius 2 is 1.62 bits per heavy atom. The molecule has 1 N–H and O–H groups in total. The van der Waals surface area contributed by atoms with Crippen LogP contribution in [0.1, 0.15) is 22.3 Å². The summed E-state index contributed by atoms with van der Waals surface area (Å²) in [5.41, 5.74) is 2.35. The fraction of sp³-hybridized carbons (Fsp3) is 0.240. The van der Waals surface area contributed by atoms with Gasteiger partial charge in [-0.25, -0.2) is 8.42 Å². The van der Waals surface area contributed by atoms with Gasteiger partial charge in [-0.05, 0) is 73.0 Å². The summed E-state index contributed by atoms with van der Waals surface area (Å²) in [4.78, 5) is 13.0. The summed E-state index contributed by atoms with van der Waals surface area (Å²) in [7, 11) is 0.775. The predicted molar refractivity (Wildman–Crippen MR) is 130 cm³/mol. The van der Waals surface area contributed by atoms with E-state index in [1.807, 2.05) is 6.07 Å². The predicted octanol–water partition coefficient (Wildman–Crippen LogP) is 4.11. The molecule has 0 saturated carbocycles. The number of rotatable bonds is 7. The molecular formula is C25H26N2O6S. The standard InChI is InChI=1S/C25H26N2O6S/c1-31-20-9-11-21(12-10-20)34(29,30)27-14-4-5-17-6-8-19(16-22(17)27)26-25(28)18-7-13-23(32-2)24(15-18)33-3/h6-13,15-16H,4-5,14H2,1-3H3,(H,26,28). The van der Waals surface area contributed by atoms with Crippen molar-refractivity contribution >= 4 is 27.3 Å². The Morgan fingerprint density at radius 1 is 0.882 bits per heavy atom. The summed E-state index contributed by atoms with van der Waals surface area (Å²) in [5.74, 6) is 1.20. The lowest BCUT2D eigenvalue weighted by Gasteiger charge is -2.31. The maximum absolute atomic E-state index is 13.4. The molecule has 4 rings (SSSR count). The highest BCUT2D eigenvalue weighted by Gasteiger charge is 2.29. The van der Waals surface area contributed by atoms with Crippen molar-refractivity contribution in [2.75, 3.05) is 37.5 Å². The van der Waals surface area contributed by atoms with Crippen LogP contribution < -0.4 is 23.8 Å². The third-order valence-electron chi connectivity index (χ3n) is 5.71. The zero-order chi connectivity index (χ0) is 24.3. The molecule has 0 saturated heterocycles. The van der Waals surface area contributed by atoms with Crippen LogP contribution in [-0.2, 0) is 16.4 Å². The van der Waals surface area contributed by atoms with Gasteiger partial charge in [0.15, 0.2) is 11.5 Å². The minimum atomic E-state index is -3.78. The molecule has 0 radical (unpaired) electrons. The number of anilines is 2. The molecule has 1 aliphatic rings. The number of nitrogens with one attached hydrogen (secondary N) is 1. The highest BCUT2D eigenvalue weighted by atomic mass is 32.2. The number of carbonyl (C=O) groups excluding carboxylic acids is 1. The minimum absolute atomic E-state index is 0.181. The lowest BCUT2D eigenvalue weighted by Crippen LogP contribution is -2.35. The number of ether oxygens (including phenoxy) is 3. The first-order chi connectivity index (χ1) is 16.4. The van der Waals surface area contributed by atoms with Gasteiger partial charge in [0, 0.05) is 17.8 Å². The van der Waals surface area contributed by atoms with Gasteiger partial charge in [0.1, 0.15) is 5.75 Å². The fourth-order valence-corrected chi connectivity index (χ4v) is 5.46. The van der Waals surface area contributed by atoms with E-state index in [9.17, 15) is 13.2 Å². The number of fused-ring (bicyclic) bond motifs is 1. The normalized spacial score (nSPS) is 13.1. The molecule has 178 valence electrons. The Balaban J connectivity index is 1.62. The highest BCUT2D eigenvalue weighted by molar-refractivity contribution is 7.92. The summed E-state index contributed by atoms with van der Waals surface area (Å²) in [6.45, 7) is 0.356. The number of hydrogen-bond donors (Lipinski definition) is 1. The molecular weight excluding hydrogens is 456 g/mol. The molecule has 34 heavy (non-hydrogen) atoms. The van der Waals surface area contributed by atoms with E-state index >= 15 is 0 Å². The lowest BCUT2D eigenvalue weighted by atomic mass is 10.0. The second kappa shape index (κ2) is 9.64. The van der Waals surface area contributed by atoms with Gasteiger partial charge in [-0.15, -0.1) is 0 Å².